The van der Waals surface area contributed by atoms with Gasteiger partial charge in [-0.3, -0.25) is 4.90 Å². The molecule has 1 aliphatic rings. The third-order valence-electron chi connectivity index (χ3n) is 4.36. The minimum Gasteiger partial charge on any atom is -0.330 e. The molecule has 0 unspecified atom stereocenters. The fourth-order valence-corrected chi connectivity index (χ4v) is 3.08. The molecule has 0 aliphatic carbocycles. The Kier molecular flexibility index (Phi) is 4.86. The minimum atomic E-state index is 0.803. The lowest BCUT2D eigenvalue weighted by Gasteiger charge is -2.34. The van der Waals surface area contributed by atoms with Crippen molar-refractivity contribution < 1.29 is 0 Å². The predicted molar refractivity (Wildman–Crippen MR) is 89.3 cm³/mol. The van der Waals surface area contributed by atoms with E-state index in [1.54, 1.807) is 0 Å². The Morgan fingerprint density at radius 2 is 1.57 bits per heavy atom. The van der Waals surface area contributed by atoms with Gasteiger partial charge in [0, 0.05) is 32.7 Å². The molecule has 0 bridgehead atoms. The Hall–Kier alpha value is -1.42. The van der Waals surface area contributed by atoms with Gasteiger partial charge in [-0.1, -0.05) is 36.4 Å². The molecular weight excluding hydrogens is 258 g/mol. The molecule has 0 spiro atoms. The van der Waals surface area contributed by atoms with E-state index in [1.165, 1.54) is 29.4 Å². The highest BCUT2D eigenvalue weighted by atomic mass is 15.3. The summed E-state index contributed by atoms with van der Waals surface area (Å²) in [6, 6.07) is 15.4. The highest BCUT2D eigenvalue weighted by molar-refractivity contribution is 5.82. The van der Waals surface area contributed by atoms with E-state index in [2.05, 4.69) is 52.3 Å². The van der Waals surface area contributed by atoms with Crippen LogP contribution in [-0.2, 0) is 6.54 Å². The summed E-state index contributed by atoms with van der Waals surface area (Å²) in [4.78, 5) is 5.09. The Morgan fingerprint density at radius 1 is 0.857 bits per heavy atom. The molecule has 0 radical (unpaired) electrons. The summed E-state index contributed by atoms with van der Waals surface area (Å²) >= 11 is 0. The lowest BCUT2D eigenvalue weighted by Crippen LogP contribution is -2.46. The Labute approximate surface area is 127 Å². The predicted octanol–water partition coefficient (Wildman–Crippen LogP) is 2.31. The lowest BCUT2D eigenvalue weighted by atomic mass is 10.1. The van der Waals surface area contributed by atoms with E-state index in [0.717, 1.165) is 39.1 Å². The van der Waals surface area contributed by atoms with Crippen molar-refractivity contribution in [3.8, 4) is 0 Å². The second kappa shape index (κ2) is 7.03. The quantitative estimate of drug-likeness (QED) is 0.914. The molecule has 3 nitrogen and oxygen atoms in total. The second-order valence-electron chi connectivity index (χ2n) is 5.94. The number of fused-ring (bicyclic) bond motifs is 1. The fourth-order valence-electron chi connectivity index (χ4n) is 3.08. The van der Waals surface area contributed by atoms with Gasteiger partial charge in [-0.05, 0) is 41.9 Å². The average molecular weight is 283 g/mol. The van der Waals surface area contributed by atoms with Gasteiger partial charge in [0.1, 0.15) is 0 Å². The molecule has 0 aromatic heterocycles. The molecule has 0 amide bonds. The van der Waals surface area contributed by atoms with Crippen LogP contribution < -0.4 is 5.73 Å². The molecule has 0 atom stereocenters. The van der Waals surface area contributed by atoms with Gasteiger partial charge < -0.3 is 10.6 Å². The van der Waals surface area contributed by atoms with Crippen molar-refractivity contribution in [2.75, 3.05) is 39.3 Å². The van der Waals surface area contributed by atoms with E-state index in [1.807, 2.05) is 0 Å². The molecule has 2 aromatic rings. The van der Waals surface area contributed by atoms with Crippen molar-refractivity contribution in [2.45, 2.75) is 13.0 Å². The lowest BCUT2D eigenvalue weighted by molar-refractivity contribution is 0.127. The summed E-state index contributed by atoms with van der Waals surface area (Å²) in [7, 11) is 0. The molecule has 1 heterocycles. The van der Waals surface area contributed by atoms with Crippen LogP contribution in [0.5, 0.6) is 0 Å². The number of hydrogen-bond acceptors (Lipinski definition) is 3. The van der Waals surface area contributed by atoms with Crippen molar-refractivity contribution >= 4 is 10.8 Å². The van der Waals surface area contributed by atoms with E-state index < -0.39 is 0 Å². The zero-order valence-electron chi connectivity index (χ0n) is 12.7. The summed E-state index contributed by atoms with van der Waals surface area (Å²) < 4.78 is 0. The third kappa shape index (κ3) is 3.82. The normalized spacial score (nSPS) is 17.4. The topological polar surface area (TPSA) is 32.5 Å². The summed E-state index contributed by atoms with van der Waals surface area (Å²) in [5.74, 6) is 0. The van der Waals surface area contributed by atoms with Crippen LogP contribution in [0.3, 0.4) is 0 Å². The summed E-state index contributed by atoms with van der Waals surface area (Å²) in [5, 5.41) is 2.67. The van der Waals surface area contributed by atoms with Crippen LogP contribution in [0.1, 0.15) is 12.0 Å². The van der Waals surface area contributed by atoms with Crippen molar-refractivity contribution in [1.29, 1.82) is 0 Å². The maximum atomic E-state index is 5.58. The molecule has 2 N–H and O–H groups in total. The van der Waals surface area contributed by atoms with Gasteiger partial charge in [-0.15, -0.1) is 0 Å². The zero-order valence-corrected chi connectivity index (χ0v) is 12.7. The van der Waals surface area contributed by atoms with Crippen molar-refractivity contribution in [3.63, 3.8) is 0 Å². The van der Waals surface area contributed by atoms with Gasteiger partial charge in [0.2, 0.25) is 0 Å². The molecule has 2 aromatic carbocycles. The molecular formula is C18H25N3. The highest BCUT2D eigenvalue weighted by Crippen LogP contribution is 2.17. The largest absolute Gasteiger partial charge is 0.330 e. The Morgan fingerprint density at radius 3 is 2.33 bits per heavy atom. The number of hydrogen-bond donors (Lipinski definition) is 1. The molecule has 21 heavy (non-hydrogen) atoms. The van der Waals surface area contributed by atoms with Gasteiger partial charge in [-0.2, -0.15) is 0 Å². The first-order chi connectivity index (χ1) is 10.3. The number of nitrogens with two attached hydrogens (primary N) is 1. The van der Waals surface area contributed by atoms with E-state index in [-0.39, 0.29) is 0 Å². The molecule has 0 saturated carbocycles. The molecule has 112 valence electrons. The summed E-state index contributed by atoms with van der Waals surface area (Å²) in [6.07, 6.45) is 1.12. The first kappa shape index (κ1) is 14.5. The smallest absolute Gasteiger partial charge is 0.0235 e. The van der Waals surface area contributed by atoms with E-state index in [9.17, 15) is 0 Å². The fraction of sp³-hybridized carbons (Fsp3) is 0.444. The third-order valence-corrected chi connectivity index (χ3v) is 4.36. The van der Waals surface area contributed by atoms with Crippen molar-refractivity contribution in [2.24, 2.45) is 5.73 Å². The van der Waals surface area contributed by atoms with Crippen LogP contribution in [0, 0.1) is 0 Å². The van der Waals surface area contributed by atoms with Crippen LogP contribution in [0.4, 0.5) is 0 Å². The second-order valence-corrected chi connectivity index (χ2v) is 5.94. The van der Waals surface area contributed by atoms with Crippen molar-refractivity contribution in [1.82, 2.24) is 9.80 Å². The molecule has 1 saturated heterocycles. The van der Waals surface area contributed by atoms with Gasteiger partial charge >= 0.3 is 0 Å². The van der Waals surface area contributed by atoms with Gasteiger partial charge in [-0.25, -0.2) is 0 Å². The molecule has 1 fully saturated rings. The molecule has 1 aliphatic heterocycles. The summed E-state index contributed by atoms with van der Waals surface area (Å²) in [5.41, 5.74) is 7.00. The van der Waals surface area contributed by atoms with E-state index in [0.29, 0.717) is 0 Å². The average Bonchev–Trinajstić information content (AvgIpc) is 2.54. The van der Waals surface area contributed by atoms with Crippen LogP contribution in [0.2, 0.25) is 0 Å². The standard InChI is InChI=1S/C18H25N3/c19-8-3-9-20-10-12-21(13-11-20)15-16-6-7-17-4-1-2-5-18(17)14-16/h1-2,4-7,14H,3,8-13,15,19H2. The Bertz CT molecular complexity index is 573. The zero-order chi connectivity index (χ0) is 14.5. The minimum absolute atomic E-state index is 0.803. The van der Waals surface area contributed by atoms with E-state index in [4.69, 9.17) is 5.73 Å². The maximum absolute atomic E-state index is 5.58. The number of nitrogens with zero attached hydrogens (tertiary/aromatic N) is 2. The van der Waals surface area contributed by atoms with Gasteiger partial charge in [0.15, 0.2) is 0 Å². The van der Waals surface area contributed by atoms with Gasteiger partial charge in [0.25, 0.3) is 0 Å². The van der Waals surface area contributed by atoms with Crippen LogP contribution >= 0.6 is 0 Å². The maximum Gasteiger partial charge on any atom is 0.0235 e. The van der Waals surface area contributed by atoms with E-state index >= 15 is 0 Å². The number of piperazine rings is 1. The summed E-state index contributed by atoms with van der Waals surface area (Å²) in [6.45, 7) is 7.70. The molecule has 3 rings (SSSR count). The van der Waals surface area contributed by atoms with Gasteiger partial charge in [0.05, 0.1) is 0 Å². The highest BCUT2D eigenvalue weighted by Gasteiger charge is 2.16. The van der Waals surface area contributed by atoms with Crippen LogP contribution in [-0.4, -0.2) is 49.1 Å². The first-order valence-corrected chi connectivity index (χ1v) is 7.97. The number of benzene rings is 2. The van der Waals surface area contributed by atoms with Crippen LogP contribution in [0.25, 0.3) is 10.8 Å². The van der Waals surface area contributed by atoms with Crippen LogP contribution in [0.15, 0.2) is 42.5 Å². The number of rotatable bonds is 5. The van der Waals surface area contributed by atoms with Crippen molar-refractivity contribution in [3.05, 3.63) is 48.0 Å². The monoisotopic (exact) mass is 283 g/mol. The SMILES string of the molecule is NCCCN1CCN(Cc2ccc3ccccc3c2)CC1. The Balaban J connectivity index is 1.56. The molecule has 3 heteroatoms. The first-order valence-electron chi connectivity index (χ1n) is 7.97.